The Morgan fingerprint density at radius 2 is 1.71 bits per heavy atom. The van der Waals surface area contributed by atoms with Gasteiger partial charge in [0.2, 0.25) is 0 Å². The highest BCUT2D eigenvalue weighted by Gasteiger charge is 1.99. The molecule has 0 spiro atoms. The van der Waals surface area contributed by atoms with Gasteiger partial charge in [-0.25, -0.2) is 0 Å². The van der Waals surface area contributed by atoms with Crippen LogP contribution in [0.2, 0.25) is 10.0 Å². The summed E-state index contributed by atoms with van der Waals surface area (Å²) < 4.78 is 0. The van der Waals surface area contributed by atoms with E-state index >= 15 is 0 Å². The highest BCUT2D eigenvalue weighted by Crippen LogP contribution is 2.22. The number of nitrogens with one attached hydrogen (secondary N) is 1. The van der Waals surface area contributed by atoms with Gasteiger partial charge in [0.25, 0.3) is 0 Å². The minimum absolute atomic E-state index is 0.586. The molecule has 0 atom stereocenters. The average Bonchev–Trinajstić information content (AvgIpc) is 2.35. The molecule has 0 amide bonds. The summed E-state index contributed by atoms with van der Waals surface area (Å²) >= 11 is 11.8. The maximum atomic E-state index is 5.94. The number of rotatable bonds is 4. The Balaban J connectivity index is 1.88. The predicted molar refractivity (Wildman–Crippen MR) is 73.1 cm³/mol. The molecule has 87 valence electrons. The Bertz CT molecular complexity index is 483. The third-order valence-electron chi connectivity index (χ3n) is 2.36. The van der Waals surface area contributed by atoms with Crippen LogP contribution in [0.15, 0.2) is 48.5 Å². The van der Waals surface area contributed by atoms with Gasteiger partial charge in [-0.1, -0.05) is 59.6 Å². The van der Waals surface area contributed by atoms with Crippen LogP contribution in [0.25, 0.3) is 0 Å². The molecule has 0 aliphatic carbocycles. The van der Waals surface area contributed by atoms with Crippen LogP contribution in [0.1, 0.15) is 11.1 Å². The summed E-state index contributed by atoms with van der Waals surface area (Å²) in [5, 5.41) is 4.41. The minimum Gasteiger partial charge on any atom is -0.304 e. The van der Waals surface area contributed by atoms with E-state index in [-0.39, 0.29) is 0 Å². The molecule has 0 heterocycles. The second-order valence-corrected chi connectivity index (χ2v) is 4.50. The largest absolute Gasteiger partial charge is 0.304 e. The van der Waals surface area contributed by atoms with Crippen LogP contribution in [0.5, 0.6) is 0 Å². The van der Waals surface area contributed by atoms with Crippen LogP contribution in [0.4, 0.5) is 0 Å². The van der Waals surface area contributed by atoms with Crippen molar-refractivity contribution < 1.29 is 0 Å². The van der Waals surface area contributed by atoms with Crippen molar-refractivity contribution in [3.63, 3.8) is 0 Å². The molecule has 0 bridgehead atoms. The van der Waals surface area contributed by atoms with Gasteiger partial charge in [-0.15, -0.1) is 0 Å². The van der Waals surface area contributed by atoms with E-state index in [1.54, 1.807) is 0 Å². The molecular formula is C14H12Cl2N. The van der Waals surface area contributed by atoms with Gasteiger partial charge in [0.1, 0.15) is 0 Å². The SMILES string of the molecule is Clc1ccc(CN[CH]c2ccccc2)cc1Cl. The zero-order chi connectivity index (χ0) is 12.1. The molecule has 1 radical (unpaired) electrons. The molecular weight excluding hydrogens is 253 g/mol. The van der Waals surface area contributed by atoms with Crippen molar-refractivity contribution in [2.45, 2.75) is 6.54 Å². The lowest BCUT2D eigenvalue weighted by molar-refractivity contribution is 0.819. The fourth-order valence-electron chi connectivity index (χ4n) is 1.49. The first-order valence-corrected chi connectivity index (χ1v) is 6.07. The van der Waals surface area contributed by atoms with E-state index < -0.39 is 0 Å². The molecule has 1 nitrogen and oxygen atoms in total. The summed E-state index contributed by atoms with van der Waals surface area (Å²) in [6, 6.07) is 15.7. The minimum atomic E-state index is 0.586. The van der Waals surface area contributed by atoms with E-state index in [1.807, 2.05) is 55.1 Å². The molecule has 3 heteroatoms. The van der Waals surface area contributed by atoms with E-state index in [0.29, 0.717) is 10.0 Å². The molecule has 0 aromatic heterocycles. The highest BCUT2D eigenvalue weighted by atomic mass is 35.5. The predicted octanol–water partition coefficient (Wildman–Crippen LogP) is 4.29. The second kappa shape index (κ2) is 6.06. The molecule has 0 saturated heterocycles. The zero-order valence-corrected chi connectivity index (χ0v) is 10.7. The van der Waals surface area contributed by atoms with Crippen LogP contribution >= 0.6 is 23.2 Å². The van der Waals surface area contributed by atoms with Crippen LogP contribution in [0, 0.1) is 6.54 Å². The Hall–Kier alpha value is -1.02. The molecule has 2 aromatic carbocycles. The van der Waals surface area contributed by atoms with Crippen LogP contribution < -0.4 is 5.32 Å². The molecule has 2 aromatic rings. The summed E-state index contributed by atoms with van der Waals surface area (Å²) in [6.45, 7) is 2.70. The quantitative estimate of drug-likeness (QED) is 0.869. The van der Waals surface area contributed by atoms with Crippen molar-refractivity contribution in [3.05, 3.63) is 76.2 Å². The third-order valence-corrected chi connectivity index (χ3v) is 3.10. The fraction of sp³-hybridized carbons (Fsp3) is 0.0714. The summed E-state index contributed by atoms with van der Waals surface area (Å²) in [6.07, 6.45) is 0. The van der Waals surface area contributed by atoms with Crippen molar-refractivity contribution >= 4 is 23.2 Å². The maximum absolute atomic E-state index is 5.94. The van der Waals surface area contributed by atoms with Crippen molar-refractivity contribution in [2.75, 3.05) is 0 Å². The monoisotopic (exact) mass is 264 g/mol. The van der Waals surface area contributed by atoms with E-state index in [1.165, 1.54) is 0 Å². The van der Waals surface area contributed by atoms with E-state index in [9.17, 15) is 0 Å². The van der Waals surface area contributed by atoms with Gasteiger partial charge in [0.05, 0.1) is 16.6 Å². The molecule has 0 aliphatic rings. The molecule has 17 heavy (non-hydrogen) atoms. The first kappa shape index (κ1) is 12.4. The summed E-state index contributed by atoms with van der Waals surface area (Å²) in [7, 11) is 0. The van der Waals surface area contributed by atoms with Crippen molar-refractivity contribution in [1.29, 1.82) is 0 Å². The Kier molecular flexibility index (Phi) is 4.43. The fourth-order valence-corrected chi connectivity index (χ4v) is 1.81. The topological polar surface area (TPSA) is 12.0 Å². The molecule has 1 N–H and O–H groups in total. The van der Waals surface area contributed by atoms with Gasteiger partial charge in [-0.3, -0.25) is 0 Å². The number of benzene rings is 2. The highest BCUT2D eigenvalue weighted by molar-refractivity contribution is 6.42. The van der Waals surface area contributed by atoms with Crippen molar-refractivity contribution in [3.8, 4) is 0 Å². The standard InChI is InChI=1S/C14H12Cl2N/c15-13-7-6-12(8-14(13)16)10-17-9-11-4-2-1-3-5-11/h1-9,17H,10H2. The smallest absolute Gasteiger partial charge is 0.0595 e. The first-order valence-electron chi connectivity index (χ1n) is 5.31. The van der Waals surface area contributed by atoms with Crippen LogP contribution in [0.3, 0.4) is 0 Å². The van der Waals surface area contributed by atoms with Crippen LogP contribution in [-0.2, 0) is 6.54 Å². The van der Waals surface area contributed by atoms with E-state index in [2.05, 4.69) is 5.32 Å². The summed E-state index contributed by atoms with van der Waals surface area (Å²) in [5.41, 5.74) is 2.25. The van der Waals surface area contributed by atoms with Gasteiger partial charge >= 0.3 is 0 Å². The zero-order valence-electron chi connectivity index (χ0n) is 9.16. The van der Waals surface area contributed by atoms with E-state index in [4.69, 9.17) is 23.2 Å². The normalized spacial score (nSPS) is 10.5. The molecule has 2 rings (SSSR count). The first-order chi connectivity index (χ1) is 8.25. The van der Waals surface area contributed by atoms with E-state index in [0.717, 1.165) is 17.7 Å². The number of halogens is 2. The van der Waals surface area contributed by atoms with Gasteiger partial charge < -0.3 is 5.32 Å². The number of hydrogen-bond acceptors (Lipinski definition) is 1. The van der Waals surface area contributed by atoms with Gasteiger partial charge in [0.15, 0.2) is 0 Å². The Morgan fingerprint density at radius 1 is 0.941 bits per heavy atom. The molecule has 0 saturated carbocycles. The lowest BCUT2D eigenvalue weighted by atomic mass is 10.2. The maximum Gasteiger partial charge on any atom is 0.0595 e. The number of hydrogen-bond donors (Lipinski definition) is 1. The lowest BCUT2D eigenvalue weighted by Gasteiger charge is -2.05. The molecule has 0 fully saturated rings. The Morgan fingerprint density at radius 3 is 2.41 bits per heavy atom. The molecule has 0 unspecified atom stereocenters. The van der Waals surface area contributed by atoms with Gasteiger partial charge in [-0.2, -0.15) is 0 Å². The lowest BCUT2D eigenvalue weighted by Crippen LogP contribution is -2.10. The summed E-state index contributed by atoms with van der Waals surface area (Å²) in [5.74, 6) is 0. The molecule has 0 aliphatic heterocycles. The van der Waals surface area contributed by atoms with Crippen LogP contribution in [-0.4, -0.2) is 0 Å². The summed E-state index contributed by atoms with van der Waals surface area (Å²) in [4.78, 5) is 0. The van der Waals surface area contributed by atoms with Crippen molar-refractivity contribution in [1.82, 2.24) is 5.32 Å². The van der Waals surface area contributed by atoms with Gasteiger partial charge in [-0.05, 0) is 23.3 Å². The Labute approximate surface area is 111 Å². The second-order valence-electron chi connectivity index (χ2n) is 3.68. The average molecular weight is 265 g/mol. The van der Waals surface area contributed by atoms with Gasteiger partial charge in [0, 0.05) is 6.54 Å². The third kappa shape index (κ3) is 3.74. The van der Waals surface area contributed by atoms with Crippen molar-refractivity contribution in [2.24, 2.45) is 0 Å².